The fourth-order valence-electron chi connectivity index (χ4n) is 14.4. The van der Waals surface area contributed by atoms with E-state index >= 15 is 0 Å². The zero-order valence-corrected chi connectivity index (χ0v) is 38.9. The molecule has 71 heavy (non-hydrogen) atoms. The molecule has 0 N–H and O–H groups in total. The van der Waals surface area contributed by atoms with E-state index in [4.69, 9.17) is 0 Å². The van der Waals surface area contributed by atoms with Crippen molar-refractivity contribution in [2.45, 2.75) is 11.3 Å². The van der Waals surface area contributed by atoms with E-state index in [0.717, 1.165) is 0 Å². The van der Waals surface area contributed by atoms with Crippen LogP contribution in [0.1, 0.15) is 44.9 Å². The molecule has 2 bridgehead atoms. The molecular formula is C68H43B2N. The molecule has 0 unspecified atom stereocenters. The molecule has 6 aliphatic rings. The van der Waals surface area contributed by atoms with Gasteiger partial charge in [-0.25, -0.2) is 0 Å². The van der Waals surface area contributed by atoms with E-state index in [0.29, 0.717) is 0 Å². The Hall–Kier alpha value is -8.65. The summed E-state index contributed by atoms with van der Waals surface area (Å²) in [7, 11) is 0. The fraction of sp³-hybridized carbons (Fsp3) is 0.0294. The van der Waals surface area contributed by atoms with Crippen molar-refractivity contribution >= 4 is 63.3 Å². The summed E-state index contributed by atoms with van der Waals surface area (Å²) in [4.78, 5) is 2.79. The van der Waals surface area contributed by atoms with Crippen LogP contribution in [0.2, 0.25) is 0 Å². The highest BCUT2D eigenvalue weighted by atomic mass is 15.2. The van der Waals surface area contributed by atoms with E-state index in [9.17, 15) is 0 Å². The van der Waals surface area contributed by atoms with Crippen LogP contribution < -0.4 is 37.7 Å². The van der Waals surface area contributed by atoms with Crippen molar-refractivity contribution in [2.75, 3.05) is 4.90 Å². The van der Waals surface area contributed by atoms with Crippen LogP contribution in [0.5, 0.6) is 0 Å². The second-order valence-electron chi connectivity index (χ2n) is 20.1. The van der Waals surface area contributed by atoms with Crippen molar-refractivity contribution in [3.63, 3.8) is 0 Å². The lowest BCUT2D eigenvalue weighted by Gasteiger charge is -2.59. The van der Waals surface area contributed by atoms with E-state index in [1.165, 1.54) is 133 Å². The van der Waals surface area contributed by atoms with Crippen LogP contribution in [0.3, 0.4) is 0 Å². The molecule has 0 aromatic heterocycles. The Bertz CT molecular complexity index is 3840. The van der Waals surface area contributed by atoms with Crippen LogP contribution in [0.15, 0.2) is 255 Å². The van der Waals surface area contributed by atoms with Gasteiger partial charge in [-0.15, -0.1) is 0 Å². The molecule has 11 aromatic carbocycles. The Morgan fingerprint density at radius 2 is 0.648 bits per heavy atom. The van der Waals surface area contributed by atoms with Gasteiger partial charge in [-0.2, -0.15) is 0 Å². The van der Waals surface area contributed by atoms with E-state index in [1.54, 1.807) is 0 Å². The van der Waals surface area contributed by atoms with Gasteiger partial charge in [0.1, 0.15) is 0 Å². The molecule has 0 atom stereocenters. The van der Waals surface area contributed by atoms with Crippen LogP contribution in [-0.2, 0) is 5.41 Å². The van der Waals surface area contributed by atoms with Crippen molar-refractivity contribution in [3.8, 4) is 44.5 Å². The highest BCUT2D eigenvalue weighted by molar-refractivity contribution is 7.03. The maximum atomic E-state index is 2.79. The monoisotopic (exact) mass is 895 g/mol. The zero-order chi connectivity index (χ0) is 46.4. The van der Waals surface area contributed by atoms with Gasteiger partial charge < -0.3 is 4.90 Å². The molecule has 1 nitrogen and oxygen atoms in total. The second kappa shape index (κ2) is 14.7. The molecule has 17 rings (SSSR count). The maximum Gasteiger partial charge on any atom is 0.248 e. The lowest BCUT2D eigenvalue weighted by atomic mass is 9.28. The van der Waals surface area contributed by atoms with E-state index in [-0.39, 0.29) is 19.3 Å². The summed E-state index contributed by atoms with van der Waals surface area (Å²) in [6, 6.07) is 97.1. The lowest BCUT2D eigenvalue weighted by molar-refractivity contribution is 0.623. The highest BCUT2D eigenvalue weighted by Gasteiger charge is 2.61. The normalized spacial score (nSPS) is 16.6. The summed E-state index contributed by atoms with van der Waals surface area (Å²) in [5.41, 5.74) is 31.5. The van der Waals surface area contributed by atoms with Gasteiger partial charge in [-0.05, 0) is 105 Å². The zero-order valence-electron chi connectivity index (χ0n) is 38.9. The van der Waals surface area contributed by atoms with Gasteiger partial charge in [-0.1, -0.05) is 266 Å². The van der Waals surface area contributed by atoms with Gasteiger partial charge in [0.15, 0.2) is 0 Å². The van der Waals surface area contributed by atoms with Gasteiger partial charge in [0.25, 0.3) is 0 Å². The Morgan fingerprint density at radius 1 is 0.282 bits per heavy atom. The van der Waals surface area contributed by atoms with E-state index < -0.39 is 5.41 Å². The van der Waals surface area contributed by atoms with E-state index in [2.05, 4.69) is 260 Å². The fourth-order valence-corrected chi connectivity index (χ4v) is 14.4. The summed E-state index contributed by atoms with van der Waals surface area (Å²) < 4.78 is 0. The first-order valence-corrected chi connectivity index (χ1v) is 25.2. The molecule has 0 radical (unpaired) electrons. The molecule has 0 fully saturated rings. The molecule has 1 spiro atoms. The van der Waals surface area contributed by atoms with Crippen molar-refractivity contribution in [3.05, 3.63) is 294 Å². The van der Waals surface area contributed by atoms with Crippen LogP contribution >= 0.6 is 0 Å². The minimum absolute atomic E-state index is 0.0958. The largest absolute Gasteiger partial charge is 0.312 e. The summed E-state index contributed by atoms with van der Waals surface area (Å²) in [5, 5.41) is 0. The smallest absolute Gasteiger partial charge is 0.248 e. The Kier molecular flexibility index (Phi) is 8.11. The van der Waals surface area contributed by atoms with E-state index in [1.807, 2.05) is 0 Å². The number of anilines is 3. The van der Waals surface area contributed by atoms with Gasteiger partial charge in [0.05, 0.1) is 5.41 Å². The van der Waals surface area contributed by atoms with Crippen LogP contribution in [0.4, 0.5) is 17.1 Å². The first-order valence-electron chi connectivity index (χ1n) is 25.2. The Labute approximate surface area is 415 Å². The first kappa shape index (κ1) is 39.2. The number of benzene rings is 11. The molecule has 3 aliphatic carbocycles. The average Bonchev–Trinajstić information content (AvgIpc) is 3.45. The van der Waals surface area contributed by atoms with Crippen molar-refractivity contribution in [1.29, 1.82) is 0 Å². The number of para-hydroxylation sites is 2. The highest BCUT2D eigenvalue weighted by Crippen LogP contribution is 2.68. The quantitative estimate of drug-likeness (QED) is 0.150. The SMILES string of the molecule is c1ccc(-c2cccc(-c3ccccc3)c2B2c3cccc4c3N3c5c2cccc5C25c6ccccc6C(c6ccccc62)c2ccc(c3c25)B4c2c(-c3ccccc3)cccc2-c2ccccc2)cc1. The molecule has 0 amide bonds. The maximum absolute atomic E-state index is 2.79. The van der Waals surface area contributed by atoms with Gasteiger partial charge in [-0.3, -0.25) is 0 Å². The summed E-state index contributed by atoms with van der Waals surface area (Å²) in [6.07, 6.45) is 0. The van der Waals surface area contributed by atoms with Crippen LogP contribution in [0, 0.1) is 0 Å². The van der Waals surface area contributed by atoms with Gasteiger partial charge in [0, 0.05) is 23.0 Å². The van der Waals surface area contributed by atoms with Crippen molar-refractivity contribution in [2.24, 2.45) is 0 Å². The minimum atomic E-state index is -0.550. The van der Waals surface area contributed by atoms with Crippen LogP contribution in [-0.4, -0.2) is 13.4 Å². The number of hydrogen-bond donors (Lipinski definition) is 0. The molecule has 0 saturated heterocycles. The number of rotatable bonds is 6. The molecule has 3 heterocycles. The summed E-state index contributed by atoms with van der Waals surface area (Å²) >= 11 is 0. The lowest BCUT2D eigenvalue weighted by Crippen LogP contribution is -2.67. The average molecular weight is 896 g/mol. The third-order valence-corrected chi connectivity index (χ3v) is 16.9. The number of hydrogen-bond acceptors (Lipinski definition) is 1. The minimum Gasteiger partial charge on any atom is -0.312 e. The molecular weight excluding hydrogens is 852 g/mol. The second-order valence-corrected chi connectivity index (χ2v) is 20.1. The topological polar surface area (TPSA) is 3.24 Å². The molecule has 0 saturated carbocycles. The van der Waals surface area contributed by atoms with Gasteiger partial charge >= 0.3 is 0 Å². The predicted octanol–water partition coefficient (Wildman–Crippen LogP) is 12.0. The molecule has 326 valence electrons. The number of nitrogens with zero attached hydrogens (tertiary/aromatic N) is 1. The molecule has 3 heteroatoms. The third-order valence-electron chi connectivity index (χ3n) is 16.9. The summed E-state index contributed by atoms with van der Waals surface area (Å²) in [6.45, 7) is -0.198. The summed E-state index contributed by atoms with van der Waals surface area (Å²) in [5.74, 6) is 0.129. The van der Waals surface area contributed by atoms with Crippen molar-refractivity contribution in [1.82, 2.24) is 0 Å². The first-order chi connectivity index (χ1) is 35.3. The van der Waals surface area contributed by atoms with Crippen LogP contribution in [0.25, 0.3) is 44.5 Å². The molecule has 11 aromatic rings. The van der Waals surface area contributed by atoms with Gasteiger partial charge in [0.2, 0.25) is 13.4 Å². The Balaban J connectivity index is 1.11. The Morgan fingerprint density at radius 3 is 1.11 bits per heavy atom. The predicted molar refractivity (Wildman–Crippen MR) is 298 cm³/mol. The third kappa shape index (κ3) is 5.08. The van der Waals surface area contributed by atoms with Crippen molar-refractivity contribution < 1.29 is 0 Å². The molecule has 3 aliphatic heterocycles. The standard InChI is InChI=1S/C68H43B2N/c1-5-21-43(22-6-1)47-31-17-32-48(44-23-7-2-8-24-44)63(47)69-57-38-19-37-56-65(57)71-66-58(69)39-20-40-59(66)70(64-49(45-25-9-3-10-26-45)33-18-34-50(64)46-27-11-4-12-28-46)60-42-41-53-61-51-29-13-15-35-54(51)68(56,62(53)67(60)71)55-36-16-14-30-52(55)61/h1-42,61H.